The van der Waals surface area contributed by atoms with Crippen LogP contribution in [0.4, 0.5) is 0 Å². The van der Waals surface area contributed by atoms with Crippen LogP contribution in [0, 0.1) is 0 Å². The molecule has 0 fully saturated rings. The quantitative estimate of drug-likeness (QED) is 0.791. The van der Waals surface area contributed by atoms with Crippen molar-refractivity contribution < 1.29 is 4.79 Å². The van der Waals surface area contributed by atoms with Gasteiger partial charge in [0.05, 0.1) is 11.9 Å². The molecule has 0 bridgehead atoms. The lowest BCUT2D eigenvalue weighted by molar-refractivity contribution is -0.116. The van der Waals surface area contributed by atoms with Gasteiger partial charge in [-0.2, -0.15) is 0 Å². The highest BCUT2D eigenvalue weighted by Crippen LogP contribution is 2.19. The Hall–Kier alpha value is -1.71. The molecule has 0 saturated heterocycles. The monoisotopic (exact) mass is 217 g/mol. The van der Waals surface area contributed by atoms with Gasteiger partial charge in [-0.1, -0.05) is 0 Å². The van der Waals surface area contributed by atoms with Crippen LogP contribution in [0.5, 0.6) is 0 Å². The van der Waals surface area contributed by atoms with Gasteiger partial charge in [-0.25, -0.2) is 9.97 Å². The number of pyridine rings is 1. The van der Waals surface area contributed by atoms with Crippen LogP contribution in [0.1, 0.15) is 32.6 Å². The van der Waals surface area contributed by atoms with Gasteiger partial charge in [-0.15, -0.1) is 0 Å². The molecule has 0 saturated carbocycles. The summed E-state index contributed by atoms with van der Waals surface area (Å²) in [4.78, 5) is 19.8. The number of hydrogen-bond donors (Lipinski definition) is 0. The molecular weight excluding hydrogens is 202 g/mol. The number of imidazole rings is 1. The molecule has 2 aromatic rings. The second kappa shape index (κ2) is 4.04. The third-order valence-electron chi connectivity index (χ3n) is 2.46. The molecule has 2 rings (SSSR count). The summed E-state index contributed by atoms with van der Waals surface area (Å²) in [5.74, 6) is 0.924. The highest BCUT2D eigenvalue weighted by atomic mass is 16.1. The number of aromatic nitrogens is 3. The van der Waals surface area contributed by atoms with Crippen molar-refractivity contribution in [3.05, 3.63) is 24.2 Å². The van der Waals surface area contributed by atoms with Gasteiger partial charge in [-0.3, -0.25) is 4.79 Å². The Morgan fingerprint density at radius 2 is 2.25 bits per heavy atom. The molecule has 0 N–H and O–H groups in total. The van der Waals surface area contributed by atoms with E-state index in [1.54, 1.807) is 13.1 Å². The van der Waals surface area contributed by atoms with Crippen LogP contribution in [0.2, 0.25) is 0 Å². The number of fused-ring (bicyclic) bond motifs is 1. The van der Waals surface area contributed by atoms with Gasteiger partial charge in [0.25, 0.3) is 0 Å². The van der Waals surface area contributed by atoms with Crippen LogP contribution in [0.3, 0.4) is 0 Å². The van der Waals surface area contributed by atoms with E-state index in [2.05, 4.69) is 28.4 Å². The number of hydrogen-bond acceptors (Lipinski definition) is 3. The normalized spacial score (nSPS) is 11.2. The topological polar surface area (TPSA) is 47.8 Å². The summed E-state index contributed by atoms with van der Waals surface area (Å²) >= 11 is 0. The molecular formula is C12H15N3O. The highest BCUT2D eigenvalue weighted by molar-refractivity contribution is 5.79. The van der Waals surface area contributed by atoms with Gasteiger partial charge >= 0.3 is 0 Å². The lowest BCUT2D eigenvalue weighted by Crippen LogP contribution is -2.09. The molecule has 0 aromatic carbocycles. The number of carbonyl (C=O) groups is 1. The largest absolute Gasteiger partial charge is 0.324 e. The fourth-order valence-electron chi connectivity index (χ4n) is 1.90. The van der Waals surface area contributed by atoms with E-state index in [1.165, 1.54) is 0 Å². The van der Waals surface area contributed by atoms with Gasteiger partial charge in [0.2, 0.25) is 0 Å². The van der Waals surface area contributed by atoms with Crippen molar-refractivity contribution in [2.45, 2.75) is 33.2 Å². The van der Waals surface area contributed by atoms with Crippen molar-refractivity contribution in [2.75, 3.05) is 0 Å². The first-order valence-electron chi connectivity index (χ1n) is 5.41. The summed E-state index contributed by atoms with van der Waals surface area (Å²) in [6, 6.07) is 4.16. The number of ketones is 1. The molecule has 0 aliphatic heterocycles. The number of carbonyl (C=O) groups excluding carboxylic acids is 1. The molecule has 0 radical (unpaired) electrons. The van der Waals surface area contributed by atoms with E-state index in [4.69, 9.17) is 0 Å². The molecule has 0 spiro atoms. The molecule has 0 aliphatic carbocycles. The minimum atomic E-state index is 0.122. The number of rotatable bonds is 3. The zero-order chi connectivity index (χ0) is 11.7. The zero-order valence-electron chi connectivity index (χ0n) is 9.77. The predicted octanol–water partition coefficient (Wildman–Crippen LogP) is 2.14. The molecule has 2 heterocycles. The third-order valence-corrected chi connectivity index (χ3v) is 2.46. The maximum atomic E-state index is 11.2. The minimum Gasteiger partial charge on any atom is -0.324 e. The molecule has 16 heavy (non-hydrogen) atoms. The minimum absolute atomic E-state index is 0.122. The number of Topliss-reactive ketones (excluding diaryl/α,β-unsaturated/α-hetero) is 1. The molecule has 0 unspecified atom stereocenters. The third kappa shape index (κ3) is 1.83. The fraction of sp³-hybridized carbons (Fsp3) is 0.417. The molecule has 0 aliphatic rings. The van der Waals surface area contributed by atoms with E-state index in [0.29, 0.717) is 12.1 Å². The van der Waals surface area contributed by atoms with Crippen molar-refractivity contribution in [3.63, 3.8) is 0 Å². The van der Waals surface area contributed by atoms with Gasteiger partial charge in [0.1, 0.15) is 11.6 Å². The van der Waals surface area contributed by atoms with Crippen LogP contribution in [0.25, 0.3) is 11.2 Å². The summed E-state index contributed by atoms with van der Waals surface area (Å²) in [6.45, 7) is 5.74. The van der Waals surface area contributed by atoms with Crippen LogP contribution < -0.4 is 0 Å². The highest BCUT2D eigenvalue weighted by Gasteiger charge is 2.14. The summed E-state index contributed by atoms with van der Waals surface area (Å²) in [5, 5.41) is 0. The zero-order valence-corrected chi connectivity index (χ0v) is 9.77. The average molecular weight is 217 g/mol. The van der Waals surface area contributed by atoms with E-state index >= 15 is 0 Å². The Morgan fingerprint density at radius 1 is 1.50 bits per heavy atom. The van der Waals surface area contributed by atoms with Gasteiger partial charge in [0, 0.05) is 12.2 Å². The van der Waals surface area contributed by atoms with Crippen molar-refractivity contribution in [3.8, 4) is 0 Å². The van der Waals surface area contributed by atoms with E-state index in [9.17, 15) is 4.79 Å². The Kier molecular flexibility index (Phi) is 2.73. The molecule has 4 heteroatoms. The van der Waals surface area contributed by atoms with Crippen LogP contribution in [-0.4, -0.2) is 20.3 Å². The standard InChI is InChI=1S/C12H15N3O/c1-8(2)15-10-5-4-6-13-12(10)14-11(15)7-9(3)16/h4-6,8H,7H2,1-3H3. The van der Waals surface area contributed by atoms with E-state index in [1.807, 2.05) is 12.1 Å². The maximum Gasteiger partial charge on any atom is 0.177 e. The van der Waals surface area contributed by atoms with Gasteiger partial charge < -0.3 is 4.57 Å². The Bertz CT molecular complexity index is 528. The first kappa shape index (κ1) is 10.8. The summed E-state index contributed by atoms with van der Waals surface area (Å²) in [7, 11) is 0. The van der Waals surface area contributed by atoms with Crippen molar-refractivity contribution in [1.82, 2.24) is 14.5 Å². The summed E-state index contributed by atoms with van der Waals surface area (Å²) < 4.78 is 2.07. The van der Waals surface area contributed by atoms with Crippen molar-refractivity contribution in [1.29, 1.82) is 0 Å². The average Bonchev–Trinajstić information content (AvgIpc) is 2.53. The first-order valence-corrected chi connectivity index (χ1v) is 5.41. The number of nitrogens with zero attached hydrogens (tertiary/aromatic N) is 3. The van der Waals surface area contributed by atoms with Gasteiger partial charge in [0.15, 0.2) is 5.65 Å². The van der Waals surface area contributed by atoms with Crippen LogP contribution in [-0.2, 0) is 11.2 Å². The molecule has 0 amide bonds. The van der Waals surface area contributed by atoms with E-state index in [0.717, 1.165) is 11.3 Å². The fourth-order valence-corrected chi connectivity index (χ4v) is 1.90. The second-order valence-electron chi connectivity index (χ2n) is 4.22. The Morgan fingerprint density at radius 3 is 2.88 bits per heavy atom. The first-order chi connectivity index (χ1) is 7.59. The van der Waals surface area contributed by atoms with Crippen LogP contribution in [0.15, 0.2) is 18.3 Å². The lowest BCUT2D eigenvalue weighted by Gasteiger charge is -2.11. The molecule has 4 nitrogen and oxygen atoms in total. The van der Waals surface area contributed by atoms with Crippen LogP contribution >= 0.6 is 0 Å². The smallest absolute Gasteiger partial charge is 0.177 e. The van der Waals surface area contributed by atoms with Crippen molar-refractivity contribution >= 4 is 16.9 Å². The van der Waals surface area contributed by atoms with Gasteiger partial charge in [-0.05, 0) is 32.9 Å². The Balaban J connectivity index is 2.63. The maximum absolute atomic E-state index is 11.2. The van der Waals surface area contributed by atoms with E-state index in [-0.39, 0.29) is 11.8 Å². The summed E-state index contributed by atoms with van der Waals surface area (Å²) in [6.07, 6.45) is 2.09. The van der Waals surface area contributed by atoms with Crippen molar-refractivity contribution in [2.24, 2.45) is 0 Å². The lowest BCUT2D eigenvalue weighted by atomic mass is 10.2. The Labute approximate surface area is 94.3 Å². The van der Waals surface area contributed by atoms with E-state index < -0.39 is 0 Å². The molecule has 0 atom stereocenters. The molecule has 84 valence electrons. The SMILES string of the molecule is CC(=O)Cc1nc2ncccc2n1C(C)C. The summed E-state index contributed by atoms with van der Waals surface area (Å²) in [5.41, 5.74) is 1.71. The predicted molar refractivity (Wildman–Crippen MR) is 62.3 cm³/mol. The second-order valence-corrected chi connectivity index (χ2v) is 4.22. The molecule has 2 aromatic heterocycles.